The molecule has 2 saturated heterocycles. The van der Waals surface area contributed by atoms with Crippen molar-refractivity contribution in [3.05, 3.63) is 0 Å². The number of piperazine rings is 1. The fourth-order valence-electron chi connectivity index (χ4n) is 2.08. The molecule has 7 heteroatoms. The number of ether oxygens (including phenoxy) is 1. The van der Waals surface area contributed by atoms with Crippen LogP contribution in [0.3, 0.4) is 0 Å². The molecule has 16 heavy (non-hydrogen) atoms. The standard InChI is InChI=1S/C9H19N3O3S/c1-9-8-15-7-6-12(9)16(13,14)11-4-2-10-3-5-11/h9-10H,2-8H2,1H3. The van der Waals surface area contributed by atoms with Crippen molar-refractivity contribution < 1.29 is 13.2 Å². The van der Waals surface area contributed by atoms with E-state index in [1.54, 1.807) is 8.61 Å². The fraction of sp³-hybridized carbons (Fsp3) is 1.00. The molecule has 2 aliphatic heterocycles. The van der Waals surface area contributed by atoms with Crippen LogP contribution in [0.25, 0.3) is 0 Å². The second-order valence-electron chi connectivity index (χ2n) is 4.19. The SMILES string of the molecule is CC1COCCN1S(=O)(=O)N1CCNCC1. The zero-order valence-corrected chi connectivity index (χ0v) is 10.4. The molecule has 1 unspecified atom stereocenters. The largest absolute Gasteiger partial charge is 0.378 e. The molecule has 0 amide bonds. The van der Waals surface area contributed by atoms with Crippen LogP contribution in [-0.4, -0.2) is 69.0 Å². The highest BCUT2D eigenvalue weighted by Gasteiger charge is 2.35. The molecule has 0 saturated carbocycles. The topological polar surface area (TPSA) is 61.9 Å². The second kappa shape index (κ2) is 4.97. The Bertz CT molecular complexity index is 327. The van der Waals surface area contributed by atoms with Crippen LogP contribution in [-0.2, 0) is 14.9 Å². The highest BCUT2D eigenvalue weighted by atomic mass is 32.2. The van der Waals surface area contributed by atoms with Crippen LogP contribution in [0.5, 0.6) is 0 Å². The molecule has 0 aromatic rings. The summed E-state index contributed by atoms with van der Waals surface area (Å²) in [6.45, 7) is 5.93. The Kier molecular flexibility index (Phi) is 3.81. The quantitative estimate of drug-likeness (QED) is 0.672. The van der Waals surface area contributed by atoms with Crippen LogP contribution in [0.1, 0.15) is 6.92 Å². The van der Waals surface area contributed by atoms with Crippen LogP contribution >= 0.6 is 0 Å². The lowest BCUT2D eigenvalue weighted by Gasteiger charge is -2.37. The number of nitrogens with zero attached hydrogens (tertiary/aromatic N) is 2. The van der Waals surface area contributed by atoms with Gasteiger partial charge in [-0.15, -0.1) is 0 Å². The summed E-state index contributed by atoms with van der Waals surface area (Å²) in [5, 5.41) is 3.15. The van der Waals surface area contributed by atoms with E-state index in [-0.39, 0.29) is 6.04 Å². The summed E-state index contributed by atoms with van der Waals surface area (Å²) in [5.74, 6) is 0. The first-order valence-electron chi connectivity index (χ1n) is 5.68. The Morgan fingerprint density at radius 3 is 2.56 bits per heavy atom. The zero-order valence-electron chi connectivity index (χ0n) is 9.55. The number of hydrogen-bond donors (Lipinski definition) is 1. The lowest BCUT2D eigenvalue weighted by Crippen LogP contribution is -2.56. The third-order valence-corrected chi connectivity index (χ3v) is 5.16. The maximum Gasteiger partial charge on any atom is 0.282 e. The van der Waals surface area contributed by atoms with Gasteiger partial charge < -0.3 is 10.1 Å². The summed E-state index contributed by atoms with van der Waals surface area (Å²) in [6.07, 6.45) is 0. The Morgan fingerprint density at radius 2 is 1.94 bits per heavy atom. The van der Waals surface area contributed by atoms with Gasteiger partial charge in [0.1, 0.15) is 0 Å². The van der Waals surface area contributed by atoms with Crippen LogP contribution in [0.4, 0.5) is 0 Å². The first kappa shape index (κ1) is 12.3. The van der Waals surface area contributed by atoms with Crippen molar-refractivity contribution in [3.8, 4) is 0 Å². The Hall–Kier alpha value is -0.210. The molecule has 1 atom stereocenters. The van der Waals surface area contributed by atoms with Gasteiger partial charge in [-0.05, 0) is 6.92 Å². The maximum absolute atomic E-state index is 12.3. The van der Waals surface area contributed by atoms with Gasteiger partial charge in [-0.3, -0.25) is 0 Å². The van der Waals surface area contributed by atoms with Gasteiger partial charge in [0.25, 0.3) is 10.2 Å². The van der Waals surface area contributed by atoms with Crippen LogP contribution in [0, 0.1) is 0 Å². The molecule has 0 aliphatic carbocycles. The molecule has 2 aliphatic rings. The minimum absolute atomic E-state index is 0.0614. The number of rotatable bonds is 2. The van der Waals surface area contributed by atoms with E-state index in [4.69, 9.17) is 4.74 Å². The molecule has 0 aromatic heterocycles. The zero-order chi connectivity index (χ0) is 11.6. The minimum atomic E-state index is -3.29. The van der Waals surface area contributed by atoms with E-state index < -0.39 is 10.2 Å². The van der Waals surface area contributed by atoms with Gasteiger partial charge in [-0.2, -0.15) is 17.0 Å². The second-order valence-corrected chi connectivity index (χ2v) is 6.07. The smallest absolute Gasteiger partial charge is 0.282 e. The van der Waals surface area contributed by atoms with Crippen molar-refractivity contribution in [2.45, 2.75) is 13.0 Å². The van der Waals surface area contributed by atoms with Gasteiger partial charge in [-0.1, -0.05) is 0 Å². The summed E-state index contributed by atoms with van der Waals surface area (Å²) in [5.41, 5.74) is 0. The maximum atomic E-state index is 12.3. The molecule has 0 aromatic carbocycles. The Labute approximate surface area is 96.7 Å². The average Bonchev–Trinajstić information content (AvgIpc) is 2.30. The third-order valence-electron chi connectivity index (χ3n) is 3.01. The summed E-state index contributed by atoms with van der Waals surface area (Å²) >= 11 is 0. The van der Waals surface area contributed by atoms with E-state index in [9.17, 15) is 8.42 Å². The van der Waals surface area contributed by atoms with E-state index in [1.807, 2.05) is 6.92 Å². The van der Waals surface area contributed by atoms with Crippen LogP contribution in [0.2, 0.25) is 0 Å². The van der Waals surface area contributed by atoms with E-state index in [1.165, 1.54) is 0 Å². The first-order chi connectivity index (χ1) is 7.62. The average molecular weight is 249 g/mol. The summed E-state index contributed by atoms with van der Waals surface area (Å²) in [4.78, 5) is 0. The number of morpholine rings is 1. The van der Waals surface area contributed by atoms with E-state index in [0.29, 0.717) is 32.8 Å². The first-order valence-corrected chi connectivity index (χ1v) is 7.07. The van der Waals surface area contributed by atoms with Crippen molar-refractivity contribution in [1.29, 1.82) is 0 Å². The highest BCUT2D eigenvalue weighted by molar-refractivity contribution is 7.86. The van der Waals surface area contributed by atoms with Crippen LogP contribution in [0.15, 0.2) is 0 Å². The van der Waals surface area contributed by atoms with Gasteiger partial charge in [0, 0.05) is 38.8 Å². The molecular formula is C9H19N3O3S. The van der Waals surface area contributed by atoms with Crippen molar-refractivity contribution in [2.75, 3.05) is 45.9 Å². The third kappa shape index (κ3) is 2.38. The molecule has 2 rings (SSSR count). The summed E-state index contributed by atoms with van der Waals surface area (Å²) in [6, 6.07) is -0.0614. The van der Waals surface area contributed by atoms with Gasteiger partial charge in [-0.25, -0.2) is 0 Å². The normalized spacial score (nSPS) is 30.4. The highest BCUT2D eigenvalue weighted by Crippen LogP contribution is 2.16. The Balaban J connectivity index is 2.10. The van der Waals surface area contributed by atoms with Gasteiger partial charge in [0.05, 0.1) is 13.2 Å². The summed E-state index contributed by atoms with van der Waals surface area (Å²) < 4.78 is 33.0. The predicted molar refractivity (Wildman–Crippen MR) is 60.3 cm³/mol. The van der Waals surface area contributed by atoms with Crippen molar-refractivity contribution >= 4 is 10.2 Å². The van der Waals surface area contributed by atoms with Gasteiger partial charge in [0.2, 0.25) is 0 Å². The van der Waals surface area contributed by atoms with Crippen LogP contribution < -0.4 is 5.32 Å². The molecule has 2 fully saturated rings. The molecule has 0 radical (unpaired) electrons. The number of hydrogen-bond acceptors (Lipinski definition) is 4. The lowest BCUT2D eigenvalue weighted by atomic mass is 10.3. The summed E-state index contributed by atoms with van der Waals surface area (Å²) in [7, 11) is -3.29. The van der Waals surface area contributed by atoms with E-state index >= 15 is 0 Å². The fourth-order valence-corrected chi connectivity index (χ4v) is 3.84. The molecule has 0 bridgehead atoms. The monoisotopic (exact) mass is 249 g/mol. The predicted octanol–water partition coefficient (Wildman–Crippen LogP) is -1.14. The molecule has 1 N–H and O–H groups in total. The van der Waals surface area contributed by atoms with Crippen molar-refractivity contribution in [3.63, 3.8) is 0 Å². The lowest BCUT2D eigenvalue weighted by molar-refractivity contribution is 0.0361. The minimum Gasteiger partial charge on any atom is -0.378 e. The van der Waals surface area contributed by atoms with Gasteiger partial charge in [0.15, 0.2) is 0 Å². The molecule has 2 heterocycles. The van der Waals surface area contributed by atoms with Gasteiger partial charge >= 0.3 is 0 Å². The molecule has 94 valence electrons. The van der Waals surface area contributed by atoms with Crippen molar-refractivity contribution in [2.24, 2.45) is 0 Å². The van der Waals surface area contributed by atoms with E-state index in [0.717, 1.165) is 13.1 Å². The van der Waals surface area contributed by atoms with E-state index in [2.05, 4.69) is 5.32 Å². The molecular weight excluding hydrogens is 230 g/mol. The Morgan fingerprint density at radius 1 is 1.25 bits per heavy atom. The molecule has 0 spiro atoms. The molecule has 6 nitrogen and oxygen atoms in total. The number of nitrogens with one attached hydrogen (secondary N) is 1. The van der Waals surface area contributed by atoms with Crippen molar-refractivity contribution in [1.82, 2.24) is 13.9 Å².